The summed E-state index contributed by atoms with van der Waals surface area (Å²) in [6, 6.07) is 10.6. The van der Waals surface area contributed by atoms with Gasteiger partial charge in [0.25, 0.3) is 0 Å². The van der Waals surface area contributed by atoms with Crippen LogP contribution >= 0.6 is 0 Å². The number of carboxylic acids is 1. The van der Waals surface area contributed by atoms with E-state index in [4.69, 9.17) is 9.15 Å². The molecule has 5 nitrogen and oxygen atoms in total. The monoisotopic (exact) mass is 301 g/mol. The Kier molecular flexibility index (Phi) is 4.15. The van der Waals surface area contributed by atoms with Gasteiger partial charge in [-0.25, -0.2) is 0 Å². The second kappa shape index (κ2) is 6.23. The van der Waals surface area contributed by atoms with Crippen molar-refractivity contribution < 1.29 is 19.1 Å². The number of hydrogen-bond acceptors (Lipinski definition) is 4. The van der Waals surface area contributed by atoms with Crippen LogP contribution in [0.3, 0.4) is 0 Å². The SMILES string of the molecule is COc1ccccc1C(c1ccco1)N1CCCC1C(=O)O. The molecule has 0 aliphatic carbocycles. The number of carboxylic acid groups (broad SMARTS) is 1. The predicted octanol–water partition coefficient (Wildman–Crippen LogP) is 2.93. The summed E-state index contributed by atoms with van der Waals surface area (Å²) in [4.78, 5) is 13.6. The van der Waals surface area contributed by atoms with Gasteiger partial charge in [0, 0.05) is 12.1 Å². The normalized spacial score (nSPS) is 20.0. The maximum atomic E-state index is 11.6. The van der Waals surface area contributed by atoms with Crippen LogP contribution in [0.2, 0.25) is 0 Å². The molecule has 0 radical (unpaired) electrons. The van der Waals surface area contributed by atoms with Crippen LogP contribution in [-0.4, -0.2) is 35.7 Å². The third-order valence-electron chi connectivity index (χ3n) is 4.16. The molecule has 0 spiro atoms. The van der Waals surface area contributed by atoms with Gasteiger partial charge in [-0.05, 0) is 31.0 Å². The second-order valence-corrected chi connectivity index (χ2v) is 5.39. The Balaban J connectivity index is 2.07. The molecule has 2 heterocycles. The van der Waals surface area contributed by atoms with E-state index in [0.29, 0.717) is 6.42 Å². The molecular weight excluding hydrogens is 282 g/mol. The first-order valence-corrected chi connectivity index (χ1v) is 7.37. The van der Waals surface area contributed by atoms with Crippen molar-refractivity contribution >= 4 is 5.97 Å². The number of methoxy groups -OCH3 is 1. The summed E-state index contributed by atoms with van der Waals surface area (Å²) in [6.45, 7) is 0.723. The number of likely N-dealkylation sites (tertiary alicyclic amines) is 1. The number of nitrogens with zero attached hydrogens (tertiary/aromatic N) is 1. The van der Waals surface area contributed by atoms with Crippen LogP contribution in [0, 0.1) is 0 Å². The van der Waals surface area contributed by atoms with Crippen molar-refractivity contribution in [3.05, 3.63) is 54.0 Å². The van der Waals surface area contributed by atoms with Gasteiger partial charge in [0.1, 0.15) is 17.6 Å². The largest absolute Gasteiger partial charge is 0.496 e. The molecule has 2 atom stereocenters. The third-order valence-corrected chi connectivity index (χ3v) is 4.16. The molecule has 22 heavy (non-hydrogen) atoms. The van der Waals surface area contributed by atoms with Crippen LogP contribution in [0.1, 0.15) is 30.2 Å². The van der Waals surface area contributed by atoms with Gasteiger partial charge in [-0.3, -0.25) is 9.69 Å². The molecule has 0 saturated carbocycles. The average Bonchev–Trinajstić information content (AvgIpc) is 3.20. The van der Waals surface area contributed by atoms with E-state index in [1.165, 1.54) is 0 Å². The van der Waals surface area contributed by atoms with Crippen molar-refractivity contribution in [2.24, 2.45) is 0 Å². The Hall–Kier alpha value is -2.27. The van der Waals surface area contributed by atoms with Gasteiger partial charge in [0.15, 0.2) is 0 Å². The second-order valence-electron chi connectivity index (χ2n) is 5.39. The Morgan fingerprint density at radius 3 is 2.86 bits per heavy atom. The van der Waals surface area contributed by atoms with Crippen LogP contribution in [-0.2, 0) is 4.79 Å². The number of rotatable bonds is 5. The highest BCUT2D eigenvalue weighted by Gasteiger charge is 2.38. The van der Waals surface area contributed by atoms with Crippen molar-refractivity contribution in [2.45, 2.75) is 24.9 Å². The first-order valence-electron chi connectivity index (χ1n) is 7.37. The Morgan fingerprint density at radius 1 is 1.36 bits per heavy atom. The lowest BCUT2D eigenvalue weighted by Gasteiger charge is -2.30. The summed E-state index contributed by atoms with van der Waals surface area (Å²) in [5.41, 5.74) is 0.924. The van der Waals surface area contributed by atoms with Crippen molar-refractivity contribution in [1.29, 1.82) is 0 Å². The van der Waals surface area contributed by atoms with Crippen molar-refractivity contribution in [1.82, 2.24) is 4.90 Å². The van der Waals surface area contributed by atoms with Crippen molar-refractivity contribution in [3.63, 3.8) is 0 Å². The van der Waals surface area contributed by atoms with Gasteiger partial charge in [-0.2, -0.15) is 0 Å². The molecule has 1 fully saturated rings. The molecule has 1 aromatic carbocycles. The lowest BCUT2D eigenvalue weighted by molar-refractivity contribution is -0.142. The van der Waals surface area contributed by atoms with Gasteiger partial charge >= 0.3 is 5.97 Å². The van der Waals surface area contributed by atoms with Gasteiger partial charge in [-0.15, -0.1) is 0 Å². The Bertz CT molecular complexity index is 638. The third kappa shape index (κ3) is 2.60. The highest BCUT2D eigenvalue weighted by molar-refractivity contribution is 5.74. The molecule has 2 aromatic rings. The zero-order chi connectivity index (χ0) is 15.5. The molecular formula is C17H19NO4. The Morgan fingerprint density at radius 2 is 2.18 bits per heavy atom. The topological polar surface area (TPSA) is 62.9 Å². The highest BCUT2D eigenvalue weighted by Crippen LogP contribution is 2.38. The van der Waals surface area contributed by atoms with E-state index in [0.717, 1.165) is 30.0 Å². The molecule has 0 amide bonds. The number of carbonyl (C=O) groups is 1. The quantitative estimate of drug-likeness (QED) is 0.920. The molecule has 1 saturated heterocycles. The van der Waals surface area contributed by atoms with E-state index in [1.54, 1.807) is 13.4 Å². The molecule has 2 unspecified atom stereocenters. The molecule has 1 aromatic heterocycles. The zero-order valence-electron chi connectivity index (χ0n) is 12.4. The maximum absolute atomic E-state index is 11.6. The molecule has 1 aliphatic rings. The van der Waals surface area contributed by atoms with Crippen LogP contribution in [0.5, 0.6) is 5.75 Å². The van der Waals surface area contributed by atoms with Crippen molar-refractivity contribution in [3.8, 4) is 5.75 Å². The van der Waals surface area contributed by atoms with Crippen LogP contribution in [0.25, 0.3) is 0 Å². The molecule has 5 heteroatoms. The number of ether oxygens (including phenoxy) is 1. The number of hydrogen-bond donors (Lipinski definition) is 1. The van der Waals surface area contributed by atoms with Crippen LogP contribution in [0.4, 0.5) is 0 Å². The van der Waals surface area contributed by atoms with E-state index >= 15 is 0 Å². The van der Waals surface area contributed by atoms with Gasteiger partial charge < -0.3 is 14.3 Å². The van der Waals surface area contributed by atoms with Gasteiger partial charge in [0.2, 0.25) is 0 Å². The average molecular weight is 301 g/mol. The Labute approximate surface area is 129 Å². The van der Waals surface area contributed by atoms with E-state index in [1.807, 2.05) is 41.3 Å². The van der Waals surface area contributed by atoms with E-state index in [9.17, 15) is 9.90 Å². The van der Waals surface area contributed by atoms with E-state index < -0.39 is 12.0 Å². The standard InChI is InChI=1S/C17H19NO4/c1-21-14-8-3-2-6-12(14)16(15-9-5-11-22-15)18-10-4-7-13(18)17(19)20/h2-3,5-6,8-9,11,13,16H,4,7,10H2,1H3,(H,19,20). The summed E-state index contributed by atoms with van der Waals surface area (Å²) in [6.07, 6.45) is 3.13. The number of aliphatic carboxylic acids is 1. The lowest BCUT2D eigenvalue weighted by Crippen LogP contribution is -2.39. The van der Waals surface area contributed by atoms with E-state index in [2.05, 4.69) is 0 Å². The molecule has 3 rings (SSSR count). The zero-order valence-corrected chi connectivity index (χ0v) is 12.4. The summed E-state index contributed by atoms with van der Waals surface area (Å²) >= 11 is 0. The van der Waals surface area contributed by atoms with Gasteiger partial charge in [-0.1, -0.05) is 18.2 Å². The molecule has 0 bridgehead atoms. The minimum absolute atomic E-state index is 0.255. The summed E-state index contributed by atoms with van der Waals surface area (Å²) in [5, 5.41) is 9.50. The fourth-order valence-corrected chi connectivity index (χ4v) is 3.20. The fraction of sp³-hybridized carbons (Fsp3) is 0.353. The predicted molar refractivity (Wildman–Crippen MR) is 80.9 cm³/mol. The van der Waals surface area contributed by atoms with Gasteiger partial charge in [0.05, 0.1) is 19.4 Å². The summed E-state index contributed by atoms with van der Waals surface area (Å²) < 4.78 is 11.1. The van der Waals surface area contributed by atoms with Crippen LogP contribution in [0.15, 0.2) is 47.1 Å². The minimum Gasteiger partial charge on any atom is -0.496 e. The summed E-state index contributed by atoms with van der Waals surface area (Å²) in [5.74, 6) is 0.682. The fourth-order valence-electron chi connectivity index (χ4n) is 3.20. The molecule has 116 valence electrons. The maximum Gasteiger partial charge on any atom is 0.320 e. The first-order chi connectivity index (χ1) is 10.7. The summed E-state index contributed by atoms with van der Waals surface area (Å²) in [7, 11) is 1.62. The molecule has 1 N–H and O–H groups in total. The first kappa shape index (κ1) is 14.7. The minimum atomic E-state index is -0.788. The molecule has 1 aliphatic heterocycles. The highest BCUT2D eigenvalue weighted by atomic mass is 16.5. The number of para-hydroxylation sites is 1. The smallest absolute Gasteiger partial charge is 0.320 e. The lowest BCUT2D eigenvalue weighted by atomic mass is 10.0. The number of furan rings is 1. The van der Waals surface area contributed by atoms with E-state index in [-0.39, 0.29) is 6.04 Å². The van der Waals surface area contributed by atoms with Crippen molar-refractivity contribution in [2.75, 3.05) is 13.7 Å². The number of benzene rings is 1. The van der Waals surface area contributed by atoms with Crippen LogP contribution < -0.4 is 4.74 Å².